The molecule has 16 heavy (non-hydrogen) atoms. The predicted octanol–water partition coefficient (Wildman–Crippen LogP) is -2.72. The number of ether oxygens (including phenoxy) is 1. The summed E-state index contributed by atoms with van der Waals surface area (Å²) in [7, 11) is 0. The molecule has 0 aliphatic carbocycles. The first-order valence-electron chi connectivity index (χ1n) is 4.20. The fourth-order valence-electron chi connectivity index (χ4n) is 0.897. The van der Waals surface area contributed by atoms with E-state index in [1.54, 1.807) is 0 Å². The lowest BCUT2D eigenvalue weighted by Crippen LogP contribution is -2.49. The Morgan fingerprint density at radius 2 is 1.69 bits per heavy atom. The van der Waals surface area contributed by atoms with E-state index in [0.717, 1.165) is 6.92 Å². The van der Waals surface area contributed by atoms with Crippen LogP contribution in [0.15, 0.2) is 0 Å². The van der Waals surface area contributed by atoms with Crippen LogP contribution in [0.3, 0.4) is 0 Å². The van der Waals surface area contributed by atoms with Crippen molar-refractivity contribution in [2.45, 2.75) is 31.3 Å². The molecule has 92 valence electrons. The smallest absolute Gasteiger partial charge is 0.335 e. The second-order valence-electron chi connectivity index (χ2n) is 2.97. The Bertz CT molecular complexity index is 275. The third kappa shape index (κ3) is 3.93. The molecule has 8 nitrogen and oxygen atoms in total. The van der Waals surface area contributed by atoms with Gasteiger partial charge in [0.05, 0.1) is 0 Å². The Kier molecular flexibility index (Phi) is 5.57. The number of carbonyl (C=O) groups excluding carboxylic acids is 2. The molecular formula is C8H12O8. The van der Waals surface area contributed by atoms with E-state index in [-0.39, 0.29) is 6.29 Å². The lowest BCUT2D eigenvalue weighted by Gasteiger charge is -2.23. The molecule has 0 heterocycles. The molecule has 0 saturated carbocycles. The summed E-state index contributed by atoms with van der Waals surface area (Å²) in [5.74, 6) is -2.67. The number of rotatable bonds is 6. The Morgan fingerprint density at radius 3 is 2.00 bits per heavy atom. The molecule has 4 atom stereocenters. The minimum atomic E-state index is -2.28. The minimum absolute atomic E-state index is 0.0177. The third-order valence-electron chi connectivity index (χ3n) is 1.70. The highest BCUT2D eigenvalue weighted by Gasteiger charge is 2.36. The first-order chi connectivity index (χ1) is 7.31. The third-order valence-corrected chi connectivity index (χ3v) is 1.70. The van der Waals surface area contributed by atoms with Gasteiger partial charge < -0.3 is 25.2 Å². The van der Waals surface area contributed by atoms with E-state index in [1.165, 1.54) is 0 Å². The van der Waals surface area contributed by atoms with Crippen molar-refractivity contribution in [3.05, 3.63) is 0 Å². The first-order valence-corrected chi connectivity index (χ1v) is 4.20. The molecule has 0 spiro atoms. The van der Waals surface area contributed by atoms with Gasteiger partial charge in [0.2, 0.25) is 0 Å². The van der Waals surface area contributed by atoms with Crippen LogP contribution < -0.4 is 0 Å². The Balaban J connectivity index is 4.60. The zero-order valence-electron chi connectivity index (χ0n) is 8.31. The quantitative estimate of drug-likeness (QED) is 0.288. The number of esters is 1. The average molecular weight is 236 g/mol. The maximum absolute atomic E-state index is 10.5. The van der Waals surface area contributed by atoms with Crippen molar-refractivity contribution >= 4 is 18.2 Å². The highest BCUT2D eigenvalue weighted by Crippen LogP contribution is 2.07. The number of aliphatic carboxylic acids is 1. The van der Waals surface area contributed by atoms with Crippen LogP contribution in [0.2, 0.25) is 0 Å². The molecule has 8 heteroatoms. The zero-order valence-corrected chi connectivity index (χ0v) is 8.31. The number of carboxylic acid groups (broad SMARTS) is 1. The van der Waals surface area contributed by atoms with Crippen LogP contribution in [0, 0.1) is 0 Å². The van der Waals surface area contributed by atoms with Gasteiger partial charge in [-0.1, -0.05) is 0 Å². The highest BCUT2D eigenvalue weighted by atomic mass is 16.6. The lowest BCUT2D eigenvalue weighted by atomic mass is 10.0. The van der Waals surface area contributed by atoms with Crippen molar-refractivity contribution in [3.8, 4) is 0 Å². The number of hydrogen-bond donors (Lipinski definition) is 4. The van der Waals surface area contributed by atoms with E-state index in [4.69, 9.17) is 15.3 Å². The van der Waals surface area contributed by atoms with Crippen LogP contribution in [-0.2, 0) is 19.1 Å². The van der Waals surface area contributed by atoms with E-state index >= 15 is 0 Å². The van der Waals surface area contributed by atoms with Gasteiger partial charge in [-0.25, -0.2) is 4.79 Å². The first kappa shape index (κ1) is 14.5. The summed E-state index contributed by atoms with van der Waals surface area (Å²) >= 11 is 0. The van der Waals surface area contributed by atoms with Gasteiger partial charge in [0.15, 0.2) is 18.5 Å². The molecule has 4 N–H and O–H groups in total. The van der Waals surface area contributed by atoms with E-state index in [2.05, 4.69) is 4.74 Å². The monoisotopic (exact) mass is 236 g/mol. The summed E-state index contributed by atoms with van der Waals surface area (Å²) in [4.78, 5) is 31.2. The predicted molar refractivity (Wildman–Crippen MR) is 47.3 cm³/mol. The van der Waals surface area contributed by atoms with Crippen molar-refractivity contribution in [1.82, 2.24) is 0 Å². The zero-order chi connectivity index (χ0) is 12.9. The minimum Gasteiger partial charge on any atom is -0.479 e. The maximum Gasteiger partial charge on any atom is 0.335 e. The molecule has 0 aromatic carbocycles. The summed E-state index contributed by atoms with van der Waals surface area (Å²) in [6, 6.07) is 0. The number of aldehydes is 1. The van der Waals surface area contributed by atoms with Crippen LogP contribution >= 0.6 is 0 Å². The Hall–Kier alpha value is -1.51. The Labute approximate surface area is 90.1 Å². The molecule has 0 bridgehead atoms. The van der Waals surface area contributed by atoms with Gasteiger partial charge in [-0.05, 0) is 0 Å². The molecule has 0 amide bonds. The highest BCUT2D eigenvalue weighted by molar-refractivity contribution is 5.73. The molecule has 0 fully saturated rings. The largest absolute Gasteiger partial charge is 0.479 e. The molecular weight excluding hydrogens is 224 g/mol. The SMILES string of the molecule is CC(=O)O[C@@H](C=O)[C@@H](O)[C@H](O)[C@H](O)C(=O)O. The van der Waals surface area contributed by atoms with Gasteiger partial charge >= 0.3 is 11.9 Å². The van der Waals surface area contributed by atoms with E-state index in [9.17, 15) is 19.5 Å². The molecule has 0 aromatic rings. The fourth-order valence-corrected chi connectivity index (χ4v) is 0.897. The van der Waals surface area contributed by atoms with Gasteiger partial charge in [-0.2, -0.15) is 0 Å². The normalized spacial score (nSPS) is 18.0. The molecule has 0 aliphatic heterocycles. The summed E-state index contributed by atoms with van der Waals surface area (Å²) in [5.41, 5.74) is 0. The van der Waals surface area contributed by atoms with E-state index < -0.39 is 36.4 Å². The fraction of sp³-hybridized carbons (Fsp3) is 0.625. The number of carboxylic acids is 1. The van der Waals surface area contributed by atoms with E-state index in [1.807, 2.05) is 0 Å². The van der Waals surface area contributed by atoms with Gasteiger partial charge in [0, 0.05) is 6.92 Å². The summed E-state index contributed by atoms with van der Waals surface area (Å²) < 4.78 is 4.29. The standard InChI is InChI=1S/C8H12O8/c1-3(10)16-4(2-9)5(11)6(12)7(13)8(14)15/h2,4-7,11-13H,1H3,(H,14,15)/t4-,5+,6-,7-/m0/s1. The molecule has 0 aliphatic rings. The number of aliphatic hydroxyl groups excluding tert-OH is 3. The van der Waals surface area contributed by atoms with Gasteiger partial charge in [0.25, 0.3) is 0 Å². The molecule has 0 unspecified atom stereocenters. The maximum atomic E-state index is 10.5. The molecule has 0 aromatic heterocycles. The number of carbonyl (C=O) groups is 3. The van der Waals surface area contributed by atoms with Gasteiger partial charge in [0.1, 0.15) is 12.2 Å². The van der Waals surface area contributed by atoms with Crippen molar-refractivity contribution in [1.29, 1.82) is 0 Å². The van der Waals surface area contributed by atoms with Crippen molar-refractivity contribution < 1.29 is 39.5 Å². The molecule has 0 rings (SSSR count). The lowest BCUT2D eigenvalue weighted by molar-refractivity contribution is -0.172. The second kappa shape index (κ2) is 6.16. The van der Waals surface area contributed by atoms with Crippen LogP contribution in [-0.4, -0.2) is 63.1 Å². The van der Waals surface area contributed by atoms with Gasteiger partial charge in [-0.15, -0.1) is 0 Å². The van der Waals surface area contributed by atoms with Gasteiger partial charge in [-0.3, -0.25) is 9.59 Å². The topological polar surface area (TPSA) is 141 Å². The van der Waals surface area contributed by atoms with Crippen LogP contribution in [0.25, 0.3) is 0 Å². The molecule has 0 saturated heterocycles. The summed E-state index contributed by atoms with van der Waals surface area (Å²) in [5, 5.41) is 35.6. The van der Waals surface area contributed by atoms with E-state index in [0.29, 0.717) is 0 Å². The van der Waals surface area contributed by atoms with Crippen LogP contribution in [0.4, 0.5) is 0 Å². The van der Waals surface area contributed by atoms with Crippen LogP contribution in [0.5, 0.6) is 0 Å². The average Bonchev–Trinajstić information content (AvgIpc) is 2.22. The molecule has 0 radical (unpaired) electrons. The second-order valence-corrected chi connectivity index (χ2v) is 2.97. The summed E-state index contributed by atoms with van der Waals surface area (Å²) in [6.07, 6.45) is -8.17. The van der Waals surface area contributed by atoms with Crippen molar-refractivity contribution in [2.24, 2.45) is 0 Å². The number of hydrogen-bond acceptors (Lipinski definition) is 7. The van der Waals surface area contributed by atoms with Crippen LogP contribution in [0.1, 0.15) is 6.92 Å². The van der Waals surface area contributed by atoms with Crippen molar-refractivity contribution in [2.75, 3.05) is 0 Å². The summed E-state index contributed by atoms with van der Waals surface area (Å²) in [6.45, 7) is 0.962. The Morgan fingerprint density at radius 1 is 1.19 bits per heavy atom. The number of aliphatic hydroxyl groups is 3. The van der Waals surface area contributed by atoms with Crippen molar-refractivity contribution in [3.63, 3.8) is 0 Å².